The first-order valence-corrected chi connectivity index (χ1v) is 18.9. The lowest BCUT2D eigenvalue weighted by Gasteiger charge is -2.43. The number of ether oxygens (including phenoxy) is 12. The third-order valence-corrected chi connectivity index (χ3v) is 8.42. The first kappa shape index (κ1) is 48.5. The summed E-state index contributed by atoms with van der Waals surface area (Å²) in [6.45, 7) is 7.96. The lowest BCUT2D eigenvalue weighted by Crippen LogP contribution is -2.62. The molecule has 342 valence electrons. The number of rotatable bonds is 19. The van der Waals surface area contributed by atoms with Gasteiger partial charge in [0.15, 0.2) is 49.2 Å². The topological polar surface area (TPSA) is 309 Å². The minimum atomic E-state index is -1.43. The lowest BCUT2D eigenvalue weighted by atomic mass is 9.98. The number of nitrogens with zero attached hydrogens (tertiary/aromatic N) is 6. The van der Waals surface area contributed by atoms with Gasteiger partial charge in [-0.05, 0) is 0 Å². The highest BCUT2D eigenvalue weighted by Gasteiger charge is 2.54. The van der Waals surface area contributed by atoms with E-state index in [9.17, 15) is 38.4 Å². The van der Waals surface area contributed by atoms with Crippen molar-refractivity contribution in [3.8, 4) is 0 Å². The summed E-state index contributed by atoms with van der Waals surface area (Å²) in [7, 11) is 0. The second-order valence-corrected chi connectivity index (χ2v) is 13.7. The largest absolute Gasteiger partial charge is 0.463 e. The van der Waals surface area contributed by atoms with E-state index in [0.29, 0.717) is 0 Å². The van der Waals surface area contributed by atoms with Crippen LogP contribution in [0.15, 0.2) is 12.4 Å². The third kappa shape index (κ3) is 14.8. The Labute approximate surface area is 352 Å². The molecule has 4 rings (SSSR count). The Hall–Kier alpha value is -6.12. The second kappa shape index (κ2) is 22.6. The highest BCUT2D eigenvalue weighted by molar-refractivity contribution is 5.70. The van der Waals surface area contributed by atoms with E-state index in [1.54, 1.807) is 0 Å². The van der Waals surface area contributed by atoms with E-state index in [1.807, 2.05) is 0 Å². The van der Waals surface area contributed by atoms with Gasteiger partial charge in [0.25, 0.3) is 0 Å². The monoisotopic (exact) mass is 884 g/mol. The number of aromatic nitrogens is 6. The number of aryl methyl sites for hydroxylation is 2. The Morgan fingerprint density at radius 2 is 0.774 bits per heavy atom. The molecule has 0 radical (unpaired) electrons. The molecule has 2 aromatic heterocycles. The van der Waals surface area contributed by atoms with Crippen molar-refractivity contribution in [1.29, 1.82) is 0 Å². The van der Waals surface area contributed by atoms with Crippen LogP contribution in [-0.4, -0.2) is 152 Å². The van der Waals surface area contributed by atoms with Gasteiger partial charge in [0, 0.05) is 55.4 Å². The highest BCUT2D eigenvalue weighted by atomic mass is 16.7. The molecule has 10 atom stereocenters. The SMILES string of the molecule is CC(=O)OC[C@H]1O[C@H](OCc2cn(CCn3cc(CO[C@@H]4O[C@H](COC(C)=O)[C@@H](OC(C)=O)[C@H](OC(C)=O)[C@H]4OC(C)=O)nn3)nn2)[C@@H](OC(C)=O)[C@@H](OC(C)=O)[C@@H]1OC(C)=O. The molecule has 2 saturated heterocycles. The average molecular weight is 885 g/mol. The molecule has 0 amide bonds. The van der Waals surface area contributed by atoms with Crippen LogP contribution >= 0.6 is 0 Å². The van der Waals surface area contributed by atoms with Gasteiger partial charge >= 0.3 is 47.8 Å². The van der Waals surface area contributed by atoms with E-state index in [2.05, 4.69) is 20.6 Å². The Morgan fingerprint density at radius 1 is 0.468 bits per heavy atom. The van der Waals surface area contributed by atoms with Crippen molar-refractivity contribution in [2.75, 3.05) is 13.2 Å². The van der Waals surface area contributed by atoms with Crippen LogP contribution in [0.5, 0.6) is 0 Å². The van der Waals surface area contributed by atoms with Crippen LogP contribution in [-0.2, 0) is 122 Å². The van der Waals surface area contributed by atoms with Gasteiger partial charge in [-0.1, -0.05) is 10.4 Å². The molecule has 26 heteroatoms. The van der Waals surface area contributed by atoms with Gasteiger partial charge in [-0.2, -0.15) is 0 Å². The fraction of sp³-hybridized carbons (Fsp3) is 0.667. The second-order valence-electron chi connectivity index (χ2n) is 13.7. The molecule has 0 N–H and O–H groups in total. The molecule has 0 aliphatic carbocycles. The summed E-state index contributed by atoms with van der Waals surface area (Å²) in [6.07, 6.45) is -10.6. The van der Waals surface area contributed by atoms with E-state index < -0.39 is 122 Å². The first-order valence-electron chi connectivity index (χ1n) is 18.9. The van der Waals surface area contributed by atoms with Crippen LogP contribution in [0.2, 0.25) is 0 Å². The zero-order valence-corrected chi connectivity index (χ0v) is 35.0. The molecule has 2 aromatic rings. The van der Waals surface area contributed by atoms with E-state index in [1.165, 1.54) is 21.8 Å². The van der Waals surface area contributed by atoms with Crippen molar-refractivity contribution in [2.24, 2.45) is 0 Å². The minimum Gasteiger partial charge on any atom is -0.463 e. The summed E-state index contributed by atoms with van der Waals surface area (Å²) in [4.78, 5) is 95.6. The van der Waals surface area contributed by atoms with Gasteiger partial charge in [0.05, 0.1) is 38.7 Å². The van der Waals surface area contributed by atoms with Gasteiger partial charge in [-0.3, -0.25) is 47.7 Å². The Morgan fingerprint density at radius 3 is 1.08 bits per heavy atom. The zero-order chi connectivity index (χ0) is 45.7. The van der Waals surface area contributed by atoms with Gasteiger partial charge in [0.1, 0.15) is 36.8 Å². The van der Waals surface area contributed by atoms with Gasteiger partial charge in [-0.15, -0.1) is 10.2 Å². The maximum Gasteiger partial charge on any atom is 0.303 e. The van der Waals surface area contributed by atoms with E-state index in [-0.39, 0.29) is 37.7 Å². The highest BCUT2D eigenvalue weighted by Crippen LogP contribution is 2.32. The zero-order valence-electron chi connectivity index (χ0n) is 35.0. The normalized spacial score (nSPS) is 25.7. The predicted octanol–water partition coefficient (Wildman–Crippen LogP) is -1.23. The number of carbonyl (C=O) groups is 8. The minimum absolute atomic E-state index is 0.218. The molecule has 2 fully saturated rings. The number of carbonyl (C=O) groups excluding carboxylic acids is 8. The van der Waals surface area contributed by atoms with Crippen LogP contribution in [0.4, 0.5) is 0 Å². The fourth-order valence-electron chi connectivity index (χ4n) is 6.21. The van der Waals surface area contributed by atoms with Crippen molar-refractivity contribution in [1.82, 2.24) is 30.0 Å². The van der Waals surface area contributed by atoms with Crippen molar-refractivity contribution in [3.05, 3.63) is 23.8 Å². The summed E-state index contributed by atoms with van der Waals surface area (Å²) in [5, 5.41) is 16.3. The van der Waals surface area contributed by atoms with Crippen molar-refractivity contribution in [3.63, 3.8) is 0 Å². The Kier molecular flexibility index (Phi) is 17.7. The predicted molar refractivity (Wildman–Crippen MR) is 194 cm³/mol. The number of hydrogen-bond acceptors (Lipinski definition) is 24. The summed E-state index contributed by atoms with van der Waals surface area (Å²) >= 11 is 0. The van der Waals surface area contributed by atoms with E-state index in [4.69, 9.17) is 56.8 Å². The van der Waals surface area contributed by atoms with Crippen LogP contribution in [0.1, 0.15) is 66.8 Å². The van der Waals surface area contributed by atoms with Crippen LogP contribution in [0.3, 0.4) is 0 Å². The Balaban J connectivity index is 1.42. The van der Waals surface area contributed by atoms with Crippen LogP contribution < -0.4 is 0 Å². The molecule has 4 heterocycles. The molecule has 2 aliphatic heterocycles. The first-order chi connectivity index (χ1) is 29.3. The smallest absolute Gasteiger partial charge is 0.303 e. The maximum atomic E-state index is 12.1. The van der Waals surface area contributed by atoms with Gasteiger partial charge in [0.2, 0.25) is 0 Å². The molecular formula is C36H48N6O20. The Bertz CT molecular complexity index is 1780. The quantitative estimate of drug-likeness (QED) is 0.118. The number of esters is 8. The van der Waals surface area contributed by atoms with Crippen molar-refractivity contribution >= 4 is 47.8 Å². The molecule has 0 saturated carbocycles. The molecule has 2 aliphatic rings. The summed E-state index contributed by atoms with van der Waals surface area (Å²) in [5.41, 5.74) is 0.575. The van der Waals surface area contributed by atoms with Gasteiger partial charge < -0.3 is 56.8 Å². The van der Waals surface area contributed by atoms with Crippen LogP contribution in [0, 0.1) is 0 Å². The van der Waals surface area contributed by atoms with Crippen molar-refractivity contribution < 1.29 is 95.2 Å². The summed E-state index contributed by atoms with van der Waals surface area (Å²) in [5.74, 6) is -6.08. The average Bonchev–Trinajstić information content (AvgIpc) is 3.83. The van der Waals surface area contributed by atoms with Crippen LogP contribution in [0.25, 0.3) is 0 Å². The molecule has 62 heavy (non-hydrogen) atoms. The standard InChI is InChI=1S/C36H48N6O20/c1-17(43)51-15-27-29(55-19(3)45)31(57-21(5)47)33(59-23(7)49)35(61-27)53-13-25-11-41(39-37-25)9-10-42-12-26(38-40-42)14-54-36-34(60-24(8)50)32(58-22(6)48)30(56-20(4)46)28(62-36)16-52-18(2)44/h11-12,27-36H,9-10,13-16H2,1-8H3/t27-,28-,29-,30-,31+,32+,33-,34+,35-,36+/m1/s1. The molecular weight excluding hydrogens is 836 g/mol. The lowest BCUT2D eigenvalue weighted by molar-refractivity contribution is -0.310. The van der Waals surface area contributed by atoms with E-state index >= 15 is 0 Å². The molecule has 0 bridgehead atoms. The molecule has 0 unspecified atom stereocenters. The number of hydrogen-bond donors (Lipinski definition) is 0. The molecule has 26 nitrogen and oxygen atoms in total. The van der Waals surface area contributed by atoms with Crippen molar-refractivity contribution in [2.45, 2.75) is 143 Å². The maximum absolute atomic E-state index is 12.1. The molecule has 0 spiro atoms. The summed E-state index contributed by atoms with van der Waals surface area (Å²) in [6, 6.07) is 0. The summed E-state index contributed by atoms with van der Waals surface area (Å²) < 4.78 is 69.2. The fourth-order valence-corrected chi connectivity index (χ4v) is 6.21. The van der Waals surface area contributed by atoms with Gasteiger partial charge in [-0.25, -0.2) is 0 Å². The molecule has 0 aromatic carbocycles. The third-order valence-electron chi connectivity index (χ3n) is 8.42. The van der Waals surface area contributed by atoms with E-state index in [0.717, 1.165) is 55.4 Å².